The molecule has 0 N–H and O–H groups in total. The lowest BCUT2D eigenvalue weighted by Crippen LogP contribution is -2.13. The largest absolute Gasteiger partial charge is 0.491 e. The van der Waals surface area contributed by atoms with Crippen molar-refractivity contribution < 1.29 is 18.9 Å². The molecule has 0 fully saturated rings. The van der Waals surface area contributed by atoms with E-state index in [2.05, 4.69) is 62.4 Å². The Hall–Kier alpha value is -2.04. The van der Waals surface area contributed by atoms with Crippen molar-refractivity contribution in [2.75, 3.05) is 39.6 Å². The Bertz CT molecular complexity index is 787. The molecule has 2 aromatic rings. The van der Waals surface area contributed by atoms with Crippen molar-refractivity contribution in [2.24, 2.45) is 0 Å². The minimum atomic E-state index is 0.550. The van der Waals surface area contributed by atoms with Gasteiger partial charge in [-0.3, -0.25) is 0 Å². The van der Waals surface area contributed by atoms with E-state index in [1.54, 1.807) is 0 Å². The Balaban J connectivity index is 1.38. The van der Waals surface area contributed by atoms with Crippen molar-refractivity contribution >= 4 is 0 Å². The summed E-state index contributed by atoms with van der Waals surface area (Å²) in [6, 6.07) is 17.0. The fourth-order valence-electron chi connectivity index (χ4n) is 4.66. The van der Waals surface area contributed by atoms with E-state index >= 15 is 0 Å². The van der Waals surface area contributed by atoms with Crippen LogP contribution in [-0.4, -0.2) is 39.6 Å². The monoisotopic (exact) mass is 540 g/mol. The van der Waals surface area contributed by atoms with Crippen molar-refractivity contribution in [3.63, 3.8) is 0 Å². The molecule has 0 unspecified atom stereocenters. The average Bonchev–Trinajstić information content (AvgIpc) is 2.97. The van der Waals surface area contributed by atoms with Gasteiger partial charge in [0.1, 0.15) is 24.7 Å². The highest BCUT2D eigenvalue weighted by atomic mass is 16.6. The average molecular weight is 541 g/mol. The van der Waals surface area contributed by atoms with Gasteiger partial charge in [0.05, 0.1) is 26.4 Å². The highest BCUT2D eigenvalue weighted by molar-refractivity contribution is 5.28. The van der Waals surface area contributed by atoms with Crippen molar-refractivity contribution in [1.29, 1.82) is 0 Å². The number of rotatable bonds is 26. The zero-order valence-electron chi connectivity index (χ0n) is 25.1. The lowest BCUT2D eigenvalue weighted by Gasteiger charge is -2.10. The molecule has 4 heteroatoms. The summed E-state index contributed by atoms with van der Waals surface area (Å²) in [7, 11) is 0. The summed E-state index contributed by atoms with van der Waals surface area (Å²) < 4.78 is 22.8. The molecule has 2 rings (SSSR count). The van der Waals surface area contributed by atoms with Gasteiger partial charge in [0, 0.05) is 0 Å². The Morgan fingerprint density at radius 3 is 1.10 bits per heavy atom. The van der Waals surface area contributed by atoms with E-state index in [0.717, 1.165) is 24.3 Å². The van der Waals surface area contributed by atoms with Crippen LogP contribution in [0.2, 0.25) is 0 Å². The molecule has 2 aromatic carbocycles. The number of ether oxygens (including phenoxy) is 4. The molecule has 0 amide bonds. The third-order valence-corrected chi connectivity index (χ3v) is 7.10. The van der Waals surface area contributed by atoms with Gasteiger partial charge in [-0.1, -0.05) is 109 Å². The van der Waals surface area contributed by atoms with Gasteiger partial charge in [-0.05, 0) is 61.1 Å². The van der Waals surface area contributed by atoms with Crippen LogP contribution in [0.25, 0.3) is 0 Å². The van der Waals surface area contributed by atoms with Gasteiger partial charge in [-0.15, -0.1) is 0 Å². The van der Waals surface area contributed by atoms with E-state index in [1.165, 1.54) is 94.6 Å². The second-order valence-corrected chi connectivity index (χ2v) is 10.6. The number of aryl methyl sites for hydroxylation is 2. The van der Waals surface area contributed by atoms with Crippen LogP contribution < -0.4 is 9.47 Å². The highest BCUT2D eigenvalue weighted by Gasteiger charge is 2.00. The van der Waals surface area contributed by atoms with Crippen molar-refractivity contribution in [3.8, 4) is 11.5 Å². The Labute approximate surface area is 239 Å². The van der Waals surface area contributed by atoms with Crippen molar-refractivity contribution in [3.05, 3.63) is 59.7 Å². The molecule has 0 atom stereocenters. The van der Waals surface area contributed by atoms with Gasteiger partial charge in [-0.25, -0.2) is 0 Å². The molecular formula is C35H56O4. The SMILES string of the molecule is CCCCCCCCCc1ccc(OCCOCCOCCOc2ccc(CCCCCCCC)cc2)cc1. The minimum Gasteiger partial charge on any atom is -0.491 e. The predicted octanol–water partition coefficient (Wildman–Crippen LogP) is 9.37. The summed E-state index contributed by atoms with van der Waals surface area (Å²) in [6.07, 6.45) is 19.8. The number of hydrogen-bond acceptors (Lipinski definition) is 4. The molecule has 0 aliphatic carbocycles. The molecule has 0 radical (unpaired) electrons. The number of benzene rings is 2. The predicted molar refractivity (Wildman–Crippen MR) is 164 cm³/mol. The van der Waals surface area contributed by atoms with Gasteiger partial charge in [-0.2, -0.15) is 0 Å². The molecule has 0 saturated carbocycles. The maximum Gasteiger partial charge on any atom is 0.119 e. The normalized spacial score (nSPS) is 11.1. The summed E-state index contributed by atoms with van der Waals surface area (Å²) in [5.74, 6) is 1.82. The molecule has 0 saturated heterocycles. The molecule has 4 nitrogen and oxygen atoms in total. The molecule has 220 valence electrons. The zero-order chi connectivity index (χ0) is 27.6. The van der Waals surface area contributed by atoms with Crippen LogP contribution in [0.3, 0.4) is 0 Å². The summed E-state index contributed by atoms with van der Waals surface area (Å²) in [6.45, 7) is 7.88. The highest BCUT2D eigenvalue weighted by Crippen LogP contribution is 2.16. The van der Waals surface area contributed by atoms with E-state index in [4.69, 9.17) is 18.9 Å². The first-order valence-corrected chi connectivity index (χ1v) is 15.9. The molecule has 0 heterocycles. The molecule has 39 heavy (non-hydrogen) atoms. The molecule has 0 aliphatic rings. The van der Waals surface area contributed by atoms with Gasteiger partial charge in [0.25, 0.3) is 0 Å². The van der Waals surface area contributed by atoms with E-state index in [-0.39, 0.29) is 0 Å². The molecule has 0 bridgehead atoms. The Morgan fingerprint density at radius 2 is 0.718 bits per heavy atom. The third kappa shape index (κ3) is 18.0. The first-order valence-electron chi connectivity index (χ1n) is 15.9. The van der Waals surface area contributed by atoms with Crippen LogP contribution in [0.1, 0.15) is 108 Å². The lowest BCUT2D eigenvalue weighted by atomic mass is 10.0. The van der Waals surface area contributed by atoms with Crippen LogP contribution in [0.4, 0.5) is 0 Å². The van der Waals surface area contributed by atoms with E-state index in [1.807, 2.05) is 0 Å². The molecular weight excluding hydrogens is 484 g/mol. The number of hydrogen-bond donors (Lipinski definition) is 0. The zero-order valence-corrected chi connectivity index (χ0v) is 25.1. The Morgan fingerprint density at radius 1 is 0.385 bits per heavy atom. The molecule has 0 aliphatic heterocycles. The van der Waals surface area contributed by atoms with E-state index < -0.39 is 0 Å². The van der Waals surface area contributed by atoms with Crippen LogP contribution in [-0.2, 0) is 22.3 Å². The van der Waals surface area contributed by atoms with Crippen LogP contribution in [0, 0.1) is 0 Å². The summed E-state index contributed by atoms with van der Waals surface area (Å²) in [5, 5.41) is 0. The fourth-order valence-corrected chi connectivity index (χ4v) is 4.66. The van der Waals surface area contributed by atoms with Crippen LogP contribution in [0.15, 0.2) is 48.5 Å². The third-order valence-electron chi connectivity index (χ3n) is 7.10. The molecule has 0 aromatic heterocycles. The Kier molecular flexibility index (Phi) is 20.3. The van der Waals surface area contributed by atoms with Crippen LogP contribution >= 0.6 is 0 Å². The van der Waals surface area contributed by atoms with E-state index in [0.29, 0.717) is 39.6 Å². The maximum atomic E-state index is 5.80. The summed E-state index contributed by atoms with van der Waals surface area (Å²) in [4.78, 5) is 0. The lowest BCUT2D eigenvalue weighted by molar-refractivity contribution is 0.0273. The topological polar surface area (TPSA) is 36.9 Å². The fraction of sp³-hybridized carbons (Fsp3) is 0.657. The quantitative estimate of drug-likeness (QED) is 0.111. The molecule has 0 spiro atoms. The van der Waals surface area contributed by atoms with E-state index in [9.17, 15) is 0 Å². The van der Waals surface area contributed by atoms with Gasteiger partial charge in [0.15, 0.2) is 0 Å². The first kappa shape index (κ1) is 33.2. The van der Waals surface area contributed by atoms with Crippen molar-refractivity contribution in [1.82, 2.24) is 0 Å². The number of unbranched alkanes of at least 4 members (excludes halogenated alkanes) is 11. The van der Waals surface area contributed by atoms with Gasteiger partial charge in [0.2, 0.25) is 0 Å². The first-order chi connectivity index (χ1) is 19.3. The summed E-state index contributed by atoms with van der Waals surface area (Å²) >= 11 is 0. The van der Waals surface area contributed by atoms with Crippen molar-refractivity contribution in [2.45, 2.75) is 110 Å². The van der Waals surface area contributed by atoms with Crippen LogP contribution in [0.5, 0.6) is 11.5 Å². The minimum absolute atomic E-state index is 0.550. The maximum absolute atomic E-state index is 5.80. The summed E-state index contributed by atoms with van der Waals surface area (Å²) in [5.41, 5.74) is 2.79. The second kappa shape index (κ2) is 23.8. The smallest absolute Gasteiger partial charge is 0.119 e. The van der Waals surface area contributed by atoms with Gasteiger partial charge >= 0.3 is 0 Å². The van der Waals surface area contributed by atoms with Gasteiger partial charge < -0.3 is 18.9 Å². The standard InChI is InChI=1S/C35H56O4/c1-3-5-7-9-11-13-15-17-33-20-24-35(25-21-33)39-31-29-37-27-26-36-28-30-38-34-22-18-32(19-23-34)16-14-12-10-8-6-4-2/h18-25H,3-17,26-31H2,1-2H3. The second-order valence-electron chi connectivity index (χ2n) is 10.6.